The van der Waals surface area contributed by atoms with Crippen molar-refractivity contribution in [1.82, 2.24) is 10.2 Å². The van der Waals surface area contributed by atoms with E-state index in [-0.39, 0.29) is 18.4 Å². The average Bonchev–Trinajstić information content (AvgIpc) is 2.28. The molecule has 5 heteroatoms. The van der Waals surface area contributed by atoms with Crippen molar-refractivity contribution in [3.05, 3.63) is 0 Å². The van der Waals surface area contributed by atoms with Crippen LogP contribution in [0.5, 0.6) is 0 Å². The lowest BCUT2D eigenvalue weighted by molar-refractivity contribution is -0.134. The van der Waals surface area contributed by atoms with Gasteiger partial charge in [0, 0.05) is 33.7 Å². The number of carbonyl (C=O) groups excluding carboxylic acids is 2. The number of nitrogens with one attached hydrogen (secondary N) is 1. The summed E-state index contributed by atoms with van der Waals surface area (Å²) >= 11 is 0. The minimum atomic E-state index is -0.0916. The van der Waals surface area contributed by atoms with Crippen molar-refractivity contribution in [2.45, 2.75) is 33.1 Å². The van der Waals surface area contributed by atoms with Crippen molar-refractivity contribution < 1.29 is 14.3 Å². The predicted molar refractivity (Wildman–Crippen MR) is 66.7 cm³/mol. The molecule has 0 radical (unpaired) electrons. The molecule has 0 atom stereocenters. The first-order valence-corrected chi connectivity index (χ1v) is 6.13. The summed E-state index contributed by atoms with van der Waals surface area (Å²) in [6.07, 6.45) is 2.76. The van der Waals surface area contributed by atoms with Crippen LogP contribution in [-0.2, 0) is 14.3 Å². The molecule has 5 nitrogen and oxygen atoms in total. The fourth-order valence-electron chi connectivity index (χ4n) is 1.38. The van der Waals surface area contributed by atoms with Gasteiger partial charge in [-0.05, 0) is 12.8 Å². The SMILES string of the molecule is CCCCNC(=O)CN(CCCOC)C(C)=O. The van der Waals surface area contributed by atoms with Crippen LogP contribution in [0, 0.1) is 0 Å². The van der Waals surface area contributed by atoms with Gasteiger partial charge in [-0.15, -0.1) is 0 Å². The van der Waals surface area contributed by atoms with Crippen molar-refractivity contribution in [2.24, 2.45) is 0 Å². The smallest absolute Gasteiger partial charge is 0.239 e. The molecule has 0 aliphatic rings. The lowest BCUT2D eigenvalue weighted by Gasteiger charge is -2.20. The third-order valence-electron chi connectivity index (χ3n) is 2.41. The summed E-state index contributed by atoms with van der Waals surface area (Å²) in [5, 5.41) is 2.80. The maximum atomic E-state index is 11.5. The van der Waals surface area contributed by atoms with Crippen LogP contribution >= 0.6 is 0 Å². The lowest BCUT2D eigenvalue weighted by Crippen LogP contribution is -2.40. The van der Waals surface area contributed by atoms with E-state index in [1.54, 1.807) is 12.0 Å². The lowest BCUT2D eigenvalue weighted by atomic mass is 10.3. The van der Waals surface area contributed by atoms with Gasteiger partial charge >= 0.3 is 0 Å². The maximum absolute atomic E-state index is 11.5. The highest BCUT2D eigenvalue weighted by atomic mass is 16.5. The first-order chi connectivity index (χ1) is 8.11. The van der Waals surface area contributed by atoms with E-state index in [9.17, 15) is 9.59 Å². The van der Waals surface area contributed by atoms with E-state index in [1.807, 2.05) is 0 Å². The molecular formula is C12H24N2O3. The maximum Gasteiger partial charge on any atom is 0.239 e. The molecule has 0 rings (SSSR count). The van der Waals surface area contributed by atoms with E-state index in [2.05, 4.69) is 12.2 Å². The highest BCUT2D eigenvalue weighted by Crippen LogP contribution is 1.94. The molecule has 0 unspecified atom stereocenters. The third-order valence-corrected chi connectivity index (χ3v) is 2.41. The summed E-state index contributed by atoms with van der Waals surface area (Å²) in [6.45, 7) is 5.53. The number of hydrogen-bond acceptors (Lipinski definition) is 3. The Morgan fingerprint density at radius 1 is 1.29 bits per heavy atom. The molecule has 100 valence electrons. The Labute approximate surface area is 103 Å². The van der Waals surface area contributed by atoms with E-state index >= 15 is 0 Å². The Kier molecular flexibility index (Phi) is 9.43. The highest BCUT2D eigenvalue weighted by Gasteiger charge is 2.12. The zero-order chi connectivity index (χ0) is 13.1. The highest BCUT2D eigenvalue weighted by molar-refractivity contribution is 5.83. The Balaban J connectivity index is 3.89. The standard InChI is InChI=1S/C12H24N2O3/c1-4-5-7-13-12(16)10-14(11(2)15)8-6-9-17-3/h4-10H2,1-3H3,(H,13,16). The van der Waals surface area contributed by atoms with Crippen LogP contribution in [-0.4, -0.2) is 50.1 Å². The van der Waals surface area contributed by atoms with Gasteiger partial charge in [0.15, 0.2) is 0 Å². The van der Waals surface area contributed by atoms with Crippen LogP contribution in [0.15, 0.2) is 0 Å². The molecule has 2 amide bonds. The van der Waals surface area contributed by atoms with Crippen LogP contribution in [0.1, 0.15) is 33.1 Å². The van der Waals surface area contributed by atoms with Crippen LogP contribution in [0.3, 0.4) is 0 Å². The molecule has 0 heterocycles. The van der Waals surface area contributed by atoms with Gasteiger partial charge in [-0.25, -0.2) is 0 Å². The second-order valence-electron chi connectivity index (χ2n) is 3.99. The summed E-state index contributed by atoms with van der Waals surface area (Å²) in [6, 6.07) is 0. The summed E-state index contributed by atoms with van der Waals surface area (Å²) in [7, 11) is 1.62. The largest absolute Gasteiger partial charge is 0.385 e. The number of carbonyl (C=O) groups is 2. The third kappa shape index (κ3) is 8.68. The summed E-state index contributed by atoms with van der Waals surface area (Å²) < 4.78 is 4.92. The fourth-order valence-corrected chi connectivity index (χ4v) is 1.38. The number of unbranched alkanes of at least 4 members (excludes halogenated alkanes) is 1. The number of rotatable bonds is 9. The van der Waals surface area contributed by atoms with Gasteiger partial charge in [-0.2, -0.15) is 0 Å². The molecule has 0 spiro atoms. The van der Waals surface area contributed by atoms with E-state index in [1.165, 1.54) is 6.92 Å². The van der Waals surface area contributed by atoms with Crippen LogP contribution < -0.4 is 5.32 Å². The van der Waals surface area contributed by atoms with Crippen LogP contribution in [0.4, 0.5) is 0 Å². The van der Waals surface area contributed by atoms with Crippen molar-refractivity contribution in [3.63, 3.8) is 0 Å². The Morgan fingerprint density at radius 3 is 2.53 bits per heavy atom. The first-order valence-electron chi connectivity index (χ1n) is 6.13. The monoisotopic (exact) mass is 244 g/mol. The van der Waals surface area contributed by atoms with Crippen LogP contribution in [0.25, 0.3) is 0 Å². The molecule has 1 N–H and O–H groups in total. The molecule has 0 aliphatic carbocycles. The van der Waals surface area contributed by atoms with Gasteiger partial charge in [0.2, 0.25) is 11.8 Å². The summed E-state index contributed by atoms with van der Waals surface area (Å²) in [5.41, 5.74) is 0. The van der Waals surface area contributed by atoms with Gasteiger partial charge in [0.05, 0.1) is 6.54 Å². The molecule has 0 aromatic rings. The number of amides is 2. The summed E-state index contributed by atoms with van der Waals surface area (Å²) in [4.78, 5) is 24.4. The van der Waals surface area contributed by atoms with Crippen molar-refractivity contribution in [2.75, 3.05) is 33.4 Å². The second-order valence-corrected chi connectivity index (χ2v) is 3.99. The number of hydrogen-bond donors (Lipinski definition) is 1. The Morgan fingerprint density at radius 2 is 2.00 bits per heavy atom. The minimum absolute atomic E-state index is 0.0771. The Bertz CT molecular complexity index is 232. The topological polar surface area (TPSA) is 58.6 Å². The molecule has 0 saturated heterocycles. The van der Waals surface area contributed by atoms with E-state index in [0.29, 0.717) is 19.7 Å². The molecule has 0 saturated carbocycles. The Hall–Kier alpha value is -1.10. The van der Waals surface area contributed by atoms with Gasteiger partial charge in [-0.1, -0.05) is 13.3 Å². The van der Waals surface area contributed by atoms with Gasteiger partial charge in [0.1, 0.15) is 0 Å². The molecule has 17 heavy (non-hydrogen) atoms. The zero-order valence-electron chi connectivity index (χ0n) is 11.1. The molecule has 0 aromatic carbocycles. The number of methoxy groups -OCH3 is 1. The first kappa shape index (κ1) is 15.9. The van der Waals surface area contributed by atoms with E-state index < -0.39 is 0 Å². The van der Waals surface area contributed by atoms with Gasteiger partial charge in [-0.3, -0.25) is 9.59 Å². The quantitative estimate of drug-likeness (QED) is 0.610. The van der Waals surface area contributed by atoms with Crippen molar-refractivity contribution in [3.8, 4) is 0 Å². The van der Waals surface area contributed by atoms with Crippen LogP contribution in [0.2, 0.25) is 0 Å². The molecule has 0 bridgehead atoms. The number of nitrogens with zero attached hydrogens (tertiary/aromatic N) is 1. The average molecular weight is 244 g/mol. The molecule has 0 aromatic heterocycles. The normalized spacial score (nSPS) is 10.1. The van der Waals surface area contributed by atoms with Crippen molar-refractivity contribution >= 4 is 11.8 Å². The fraction of sp³-hybridized carbons (Fsp3) is 0.833. The minimum Gasteiger partial charge on any atom is -0.385 e. The second kappa shape index (κ2) is 10.1. The number of ether oxygens (including phenoxy) is 1. The summed E-state index contributed by atoms with van der Waals surface area (Å²) in [5.74, 6) is -0.169. The molecule has 0 fully saturated rings. The van der Waals surface area contributed by atoms with E-state index in [4.69, 9.17) is 4.74 Å². The van der Waals surface area contributed by atoms with Gasteiger partial charge in [0.25, 0.3) is 0 Å². The zero-order valence-corrected chi connectivity index (χ0v) is 11.1. The molecule has 0 aliphatic heterocycles. The van der Waals surface area contributed by atoms with E-state index in [0.717, 1.165) is 19.3 Å². The molecular weight excluding hydrogens is 220 g/mol. The van der Waals surface area contributed by atoms with Crippen molar-refractivity contribution in [1.29, 1.82) is 0 Å². The van der Waals surface area contributed by atoms with Gasteiger partial charge < -0.3 is 15.0 Å². The predicted octanol–water partition coefficient (Wildman–Crippen LogP) is 0.788.